The Balaban J connectivity index is 1.94. The van der Waals surface area contributed by atoms with E-state index in [1.807, 2.05) is 6.07 Å². The number of ether oxygens (including phenoxy) is 1. The summed E-state index contributed by atoms with van der Waals surface area (Å²) in [5.41, 5.74) is 9.30. The second-order valence-corrected chi connectivity index (χ2v) is 6.77. The predicted molar refractivity (Wildman–Crippen MR) is 101 cm³/mol. The number of fused-ring (bicyclic) bond motifs is 1. The van der Waals surface area contributed by atoms with Gasteiger partial charge in [-0.25, -0.2) is 4.98 Å². The van der Waals surface area contributed by atoms with E-state index in [1.54, 1.807) is 16.4 Å². The maximum atomic E-state index is 7.25. The number of hydrogen-bond acceptors (Lipinski definition) is 9. The minimum Gasteiger partial charge on any atom is -0.384 e. The third-order valence-corrected chi connectivity index (χ3v) is 5.00. The number of nitrogens with zero attached hydrogens (tertiary/aromatic N) is 6. The smallest absolute Gasteiger partial charge is 0.167 e. The van der Waals surface area contributed by atoms with E-state index in [2.05, 4.69) is 27.1 Å². The lowest BCUT2D eigenvalue weighted by Crippen LogP contribution is -2.44. The van der Waals surface area contributed by atoms with Crippen LogP contribution in [-0.4, -0.2) is 57.0 Å². The molecule has 1 atom stereocenters. The molecule has 0 aromatic carbocycles. The maximum absolute atomic E-state index is 7.25. The highest BCUT2D eigenvalue weighted by Crippen LogP contribution is 2.33. The van der Waals surface area contributed by atoms with Crippen molar-refractivity contribution in [3.05, 3.63) is 23.8 Å². The molecule has 0 spiro atoms. The number of nitrogens with one attached hydrogen (secondary N) is 1. The molecule has 3 aromatic rings. The number of anilines is 1. The number of nitrogens with two attached hydrogens (primary N) is 1. The van der Waals surface area contributed by atoms with Crippen molar-refractivity contribution in [1.82, 2.24) is 25.0 Å². The molecule has 0 unspecified atom stereocenters. The van der Waals surface area contributed by atoms with E-state index in [0.29, 0.717) is 24.7 Å². The number of hydrogen-bond donors (Lipinski definition) is 2. The molecule has 1 fully saturated rings. The molecule has 134 valence electrons. The van der Waals surface area contributed by atoms with Gasteiger partial charge in [-0.15, -0.1) is 10.2 Å². The average Bonchev–Trinajstić information content (AvgIpc) is 3.31. The summed E-state index contributed by atoms with van der Waals surface area (Å²) in [5.74, 6) is 1.15. The van der Waals surface area contributed by atoms with E-state index in [9.17, 15) is 0 Å². The zero-order valence-corrected chi connectivity index (χ0v) is 15.0. The number of aromatic nitrogens is 5. The molecular formula is C16H18N8OS. The van der Waals surface area contributed by atoms with Gasteiger partial charge in [0.25, 0.3) is 0 Å². The van der Waals surface area contributed by atoms with Crippen molar-refractivity contribution in [3.63, 3.8) is 0 Å². The molecular weight excluding hydrogens is 352 g/mol. The Morgan fingerprint density at radius 2 is 2.38 bits per heavy atom. The molecule has 9 nitrogen and oxygen atoms in total. The van der Waals surface area contributed by atoms with E-state index in [4.69, 9.17) is 20.9 Å². The Hall–Kier alpha value is -2.85. The van der Waals surface area contributed by atoms with E-state index in [-0.39, 0.29) is 6.04 Å². The first kappa shape index (κ1) is 16.6. The molecule has 10 heteroatoms. The van der Waals surface area contributed by atoms with Crippen LogP contribution in [0.1, 0.15) is 6.92 Å². The summed E-state index contributed by atoms with van der Waals surface area (Å²) >= 11 is 1.46. The van der Waals surface area contributed by atoms with E-state index >= 15 is 0 Å². The summed E-state index contributed by atoms with van der Waals surface area (Å²) in [4.78, 5) is 7.02. The van der Waals surface area contributed by atoms with Gasteiger partial charge in [0.1, 0.15) is 22.2 Å². The van der Waals surface area contributed by atoms with Crippen molar-refractivity contribution in [3.8, 4) is 10.6 Å². The first-order valence-electron chi connectivity index (χ1n) is 8.15. The fourth-order valence-corrected chi connectivity index (χ4v) is 3.60. The normalized spacial score (nSPS) is 18.4. The van der Waals surface area contributed by atoms with Crippen LogP contribution in [-0.2, 0) is 4.74 Å². The van der Waals surface area contributed by atoms with Crippen LogP contribution >= 0.6 is 11.3 Å². The number of pyridine rings is 1. The molecule has 0 radical (unpaired) electrons. The van der Waals surface area contributed by atoms with Crippen LogP contribution in [0.3, 0.4) is 0 Å². The van der Waals surface area contributed by atoms with Gasteiger partial charge in [0, 0.05) is 23.7 Å². The van der Waals surface area contributed by atoms with Gasteiger partial charge < -0.3 is 20.8 Å². The molecule has 3 N–H and O–H groups in total. The van der Waals surface area contributed by atoms with Crippen LogP contribution < -0.4 is 10.6 Å². The Morgan fingerprint density at radius 1 is 1.50 bits per heavy atom. The highest BCUT2D eigenvalue weighted by atomic mass is 32.1. The summed E-state index contributed by atoms with van der Waals surface area (Å²) in [5, 5.41) is 21.4. The van der Waals surface area contributed by atoms with Gasteiger partial charge >= 0.3 is 0 Å². The van der Waals surface area contributed by atoms with Crippen LogP contribution in [0.15, 0.2) is 23.8 Å². The number of rotatable bonds is 4. The quantitative estimate of drug-likeness (QED) is 0.669. The van der Waals surface area contributed by atoms with E-state index < -0.39 is 0 Å². The molecule has 4 heterocycles. The van der Waals surface area contributed by atoms with Crippen molar-refractivity contribution < 1.29 is 4.74 Å². The minimum atomic E-state index is 0.210. The van der Waals surface area contributed by atoms with E-state index in [1.165, 1.54) is 17.4 Å². The molecule has 3 aromatic heterocycles. The summed E-state index contributed by atoms with van der Waals surface area (Å²) in [6, 6.07) is 2.23. The van der Waals surface area contributed by atoms with Gasteiger partial charge in [0.05, 0.1) is 25.5 Å². The van der Waals surface area contributed by atoms with Crippen LogP contribution in [0.25, 0.3) is 27.4 Å². The number of allylic oxidation sites excluding steroid dienone is 1. The largest absolute Gasteiger partial charge is 0.384 e. The van der Waals surface area contributed by atoms with Gasteiger partial charge in [-0.3, -0.25) is 0 Å². The van der Waals surface area contributed by atoms with Gasteiger partial charge in [-0.2, -0.15) is 9.78 Å². The topological polar surface area (TPSA) is 119 Å². The zero-order chi connectivity index (χ0) is 18.1. The van der Waals surface area contributed by atoms with Crippen molar-refractivity contribution in [2.45, 2.75) is 13.0 Å². The fourth-order valence-electron chi connectivity index (χ4n) is 3.01. The minimum absolute atomic E-state index is 0.210. The third kappa shape index (κ3) is 2.82. The van der Waals surface area contributed by atoms with Crippen molar-refractivity contribution in [2.24, 2.45) is 5.73 Å². The molecule has 1 aliphatic rings. The monoisotopic (exact) mass is 370 g/mol. The van der Waals surface area contributed by atoms with E-state index in [0.717, 1.165) is 34.5 Å². The Labute approximate surface area is 153 Å². The molecule has 0 amide bonds. The van der Waals surface area contributed by atoms with Crippen LogP contribution in [0, 0.1) is 5.41 Å². The third-order valence-electron chi connectivity index (χ3n) is 4.28. The Bertz CT molecular complexity index is 964. The second-order valence-electron chi connectivity index (χ2n) is 5.94. The highest BCUT2D eigenvalue weighted by Gasteiger charge is 2.23. The molecule has 0 bridgehead atoms. The summed E-state index contributed by atoms with van der Waals surface area (Å²) in [7, 11) is 0. The molecule has 1 aliphatic heterocycles. The van der Waals surface area contributed by atoms with Gasteiger partial charge in [0.2, 0.25) is 0 Å². The Morgan fingerprint density at radius 3 is 3.12 bits per heavy atom. The summed E-state index contributed by atoms with van der Waals surface area (Å²) < 4.78 is 7.08. The molecule has 26 heavy (non-hydrogen) atoms. The van der Waals surface area contributed by atoms with Crippen molar-refractivity contribution in [2.75, 3.05) is 24.7 Å². The summed E-state index contributed by atoms with van der Waals surface area (Å²) in [6.45, 7) is 4.18. The van der Waals surface area contributed by atoms with Gasteiger partial charge in [0.15, 0.2) is 5.65 Å². The highest BCUT2D eigenvalue weighted by molar-refractivity contribution is 7.12. The molecule has 0 saturated carbocycles. The SMILES string of the molecule is C[C@@H]1COCCN1c1cc(-c2nncs2)c2cnn(C(N)=CC=N)c2n1. The number of morpholine rings is 1. The molecule has 1 saturated heterocycles. The fraction of sp³-hybridized carbons (Fsp3) is 0.312. The van der Waals surface area contributed by atoms with Crippen LogP contribution in [0.4, 0.5) is 5.82 Å². The van der Waals surface area contributed by atoms with Gasteiger partial charge in [-0.1, -0.05) is 11.3 Å². The molecule has 4 rings (SSSR count). The zero-order valence-electron chi connectivity index (χ0n) is 14.2. The standard InChI is InChI=1S/C16H18N8OS/c1-10-8-25-5-4-23(10)14-6-11(16-22-19-9-26-16)12-7-20-24(15(12)21-14)13(18)2-3-17/h2-3,6-7,9-10,17H,4-5,8,18H2,1H3/t10-/m1/s1. The van der Waals surface area contributed by atoms with Crippen LogP contribution in [0.5, 0.6) is 0 Å². The van der Waals surface area contributed by atoms with Crippen LogP contribution in [0.2, 0.25) is 0 Å². The predicted octanol–water partition coefficient (Wildman–Crippen LogP) is 1.58. The summed E-state index contributed by atoms with van der Waals surface area (Å²) in [6.07, 6.45) is 4.32. The van der Waals surface area contributed by atoms with Gasteiger partial charge in [-0.05, 0) is 19.1 Å². The second kappa shape index (κ2) is 6.81. The average molecular weight is 370 g/mol. The van der Waals surface area contributed by atoms with Crippen molar-refractivity contribution >= 4 is 40.2 Å². The Kier molecular flexibility index (Phi) is 4.35. The van der Waals surface area contributed by atoms with Crippen molar-refractivity contribution in [1.29, 1.82) is 5.41 Å². The molecule has 0 aliphatic carbocycles. The lowest BCUT2D eigenvalue weighted by molar-refractivity contribution is 0.0986. The first-order valence-corrected chi connectivity index (χ1v) is 9.03. The first-order chi connectivity index (χ1) is 12.7. The maximum Gasteiger partial charge on any atom is 0.167 e. The lowest BCUT2D eigenvalue weighted by Gasteiger charge is -2.34. The lowest BCUT2D eigenvalue weighted by atomic mass is 10.1.